The third-order valence-corrected chi connectivity index (χ3v) is 2.96. The zero-order valence-electron chi connectivity index (χ0n) is 9.35. The van der Waals surface area contributed by atoms with E-state index in [0.29, 0.717) is 18.0 Å². The van der Waals surface area contributed by atoms with Gasteiger partial charge in [0.2, 0.25) is 5.91 Å². The molecule has 17 heavy (non-hydrogen) atoms. The van der Waals surface area contributed by atoms with Crippen LogP contribution in [-0.4, -0.2) is 22.0 Å². The average molecular weight is 234 g/mol. The number of aromatic nitrogens is 1. The van der Waals surface area contributed by atoms with Crippen LogP contribution >= 0.6 is 0 Å². The van der Waals surface area contributed by atoms with Crippen LogP contribution in [0.15, 0.2) is 18.3 Å². The van der Waals surface area contributed by atoms with Crippen LogP contribution < -0.4 is 5.32 Å². The average Bonchev–Trinajstić information content (AvgIpc) is 2.24. The van der Waals surface area contributed by atoms with E-state index in [1.807, 2.05) is 0 Å². The van der Waals surface area contributed by atoms with Crippen LogP contribution in [0.1, 0.15) is 36.2 Å². The van der Waals surface area contributed by atoms with Crippen LogP contribution in [0.2, 0.25) is 0 Å². The van der Waals surface area contributed by atoms with Crippen molar-refractivity contribution in [1.29, 1.82) is 0 Å². The maximum atomic E-state index is 11.6. The number of amides is 1. The molecule has 0 radical (unpaired) electrons. The number of hydrogen-bond acceptors (Lipinski definition) is 3. The molecule has 1 saturated carbocycles. The van der Waals surface area contributed by atoms with Crippen molar-refractivity contribution in [2.75, 3.05) is 5.32 Å². The quantitative estimate of drug-likeness (QED) is 0.834. The minimum atomic E-state index is -1.10. The Morgan fingerprint density at radius 1 is 1.47 bits per heavy atom. The Labute approximate surface area is 98.9 Å². The van der Waals surface area contributed by atoms with Gasteiger partial charge in [0.25, 0.3) is 0 Å². The predicted molar refractivity (Wildman–Crippen MR) is 61.8 cm³/mol. The molecule has 1 amide bonds. The van der Waals surface area contributed by atoms with Crippen molar-refractivity contribution in [2.24, 2.45) is 5.92 Å². The van der Waals surface area contributed by atoms with Crippen molar-refractivity contribution in [3.63, 3.8) is 0 Å². The lowest BCUT2D eigenvalue weighted by atomic mass is 9.83. The number of carboxylic acids is 1. The minimum Gasteiger partial charge on any atom is -0.477 e. The molecule has 1 aliphatic carbocycles. The van der Waals surface area contributed by atoms with Gasteiger partial charge >= 0.3 is 5.97 Å². The molecule has 1 fully saturated rings. The van der Waals surface area contributed by atoms with Crippen molar-refractivity contribution in [3.8, 4) is 0 Å². The van der Waals surface area contributed by atoms with E-state index < -0.39 is 5.97 Å². The molecular weight excluding hydrogens is 220 g/mol. The number of carbonyl (C=O) groups is 2. The van der Waals surface area contributed by atoms with Crippen LogP contribution in [0.5, 0.6) is 0 Å². The third kappa shape index (κ3) is 3.03. The molecule has 5 heteroatoms. The van der Waals surface area contributed by atoms with E-state index in [0.717, 1.165) is 12.8 Å². The van der Waals surface area contributed by atoms with Gasteiger partial charge in [0, 0.05) is 18.3 Å². The third-order valence-electron chi connectivity index (χ3n) is 2.96. The summed E-state index contributed by atoms with van der Waals surface area (Å²) in [6, 6.07) is 2.95. The van der Waals surface area contributed by atoms with Crippen molar-refractivity contribution in [1.82, 2.24) is 4.98 Å². The summed E-state index contributed by atoms with van der Waals surface area (Å²) in [7, 11) is 0. The fraction of sp³-hybridized carbons (Fsp3) is 0.417. The Morgan fingerprint density at radius 2 is 2.24 bits per heavy atom. The predicted octanol–water partition coefficient (Wildman–Crippen LogP) is 1.91. The summed E-state index contributed by atoms with van der Waals surface area (Å²) in [5.74, 6) is -0.659. The molecule has 1 aromatic rings. The standard InChI is InChI=1S/C12H14N2O3/c15-11(6-8-2-1-3-8)14-9-4-5-13-10(7-9)12(16)17/h4-5,7-8H,1-3,6H2,(H,16,17)(H,13,14,15). The smallest absolute Gasteiger partial charge is 0.354 e. The number of nitrogens with one attached hydrogen (secondary N) is 1. The lowest BCUT2D eigenvalue weighted by molar-refractivity contribution is -0.117. The molecule has 5 nitrogen and oxygen atoms in total. The first-order valence-electron chi connectivity index (χ1n) is 5.64. The highest BCUT2D eigenvalue weighted by atomic mass is 16.4. The molecule has 0 aliphatic heterocycles. The van der Waals surface area contributed by atoms with Gasteiger partial charge in [0.05, 0.1) is 0 Å². The van der Waals surface area contributed by atoms with Crippen LogP contribution in [0.25, 0.3) is 0 Å². The lowest BCUT2D eigenvalue weighted by Gasteiger charge is -2.24. The first kappa shape index (κ1) is 11.6. The molecule has 0 atom stereocenters. The Morgan fingerprint density at radius 3 is 2.82 bits per heavy atom. The van der Waals surface area contributed by atoms with E-state index in [9.17, 15) is 9.59 Å². The van der Waals surface area contributed by atoms with Crippen molar-refractivity contribution < 1.29 is 14.7 Å². The second kappa shape index (κ2) is 4.95. The topological polar surface area (TPSA) is 79.3 Å². The largest absolute Gasteiger partial charge is 0.477 e. The van der Waals surface area contributed by atoms with Crippen LogP contribution in [0, 0.1) is 5.92 Å². The van der Waals surface area contributed by atoms with Crippen LogP contribution in [0.4, 0.5) is 5.69 Å². The Balaban J connectivity index is 1.95. The second-order valence-electron chi connectivity index (χ2n) is 4.28. The molecule has 0 bridgehead atoms. The van der Waals surface area contributed by atoms with Gasteiger partial charge in [-0.15, -0.1) is 0 Å². The normalized spacial score (nSPS) is 15.1. The molecule has 0 unspecified atom stereocenters. The fourth-order valence-electron chi connectivity index (χ4n) is 1.80. The van der Waals surface area contributed by atoms with E-state index in [1.165, 1.54) is 18.7 Å². The van der Waals surface area contributed by atoms with Gasteiger partial charge in [0.15, 0.2) is 0 Å². The number of hydrogen-bond donors (Lipinski definition) is 2. The summed E-state index contributed by atoms with van der Waals surface area (Å²) in [4.78, 5) is 26.0. The summed E-state index contributed by atoms with van der Waals surface area (Å²) in [6.45, 7) is 0. The van der Waals surface area contributed by atoms with Gasteiger partial charge in [-0.2, -0.15) is 0 Å². The first-order chi connectivity index (χ1) is 8.15. The highest BCUT2D eigenvalue weighted by Gasteiger charge is 2.20. The van der Waals surface area contributed by atoms with E-state index in [4.69, 9.17) is 5.11 Å². The van der Waals surface area contributed by atoms with E-state index >= 15 is 0 Å². The molecule has 1 aromatic heterocycles. The fourth-order valence-corrected chi connectivity index (χ4v) is 1.80. The van der Waals surface area contributed by atoms with Gasteiger partial charge < -0.3 is 10.4 Å². The number of anilines is 1. The Kier molecular flexibility index (Phi) is 3.37. The number of rotatable bonds is 4. The molecule has 1 heterocycles. The number of aromatic carboxylic acids is 1. The van der Waals surface area contributed by atoms with Crippen LogP contribution in [0.3, 0.4) is 0 Å². The summed E-state index contributed by atoms with van der Waals surface area (Å²) >= 11 is 0. The zero-order chi connectivity index (χ0) is 12.3. The van der Waals surface area contributed by atoms with Crippen molar-refractivity contribution in [3.05, 3.63) is 24.0 Å². The Hall–Kier alpha value is -1.91. The summed E-state index contributed by atoms with van der Waals surface area (Å²) < 4.78 is 0. The number of nitrogens with zero attached hydrogens (tertiary/aromatic N) is 1. The zero-order valence-corrected chi connectivity index (χ0v) is 9.35. The molecule has 0 saturated heterocycles. The molecule has 0 spiro atoms. The maximum Gasteiger partial charge on any atom is 0.354 e. The summed E-state index contributed by atoms with van der Waals surface area (Å²) in [5.41, 5.74) is 0.424. The number of carbonyl (C=O) groups excluding carboxylic acids is 1. The molecule has 2 N–H and O–H groups in total. The van der Waals surface area contributed by atoms with Crippen molar-refractivity contribution in [2.45, 2.75) is 25.7 Å². The number of pyridine rings is 1. The van der Waals surface area contributed by atoms with Gasteiger partial charge in [0.1, 0.15) is 5.69 Å². The number of carboxylic acid groups (broad SMARTS) is 1. The SMILES string of the molecule is O=C(CC1CCC1)Nc1ccnc(C(=O)O)c1. The minimum absolute atomic E-state index is 0.0581. The van der Waals surface area contributed by atoms with E-state index in [1.54, 1.807) is 6.07 Å². The molecule has 2 rings (SSSR count). The highest BCUT2D eigenvalue weighted by Crippen LogP contribution is 2.29. The molecule has 90 valence electrons. The molecular formula is C12H14N2O3. The lowest BCUT2D eigenvalue weighted by Crippen LogP contribution is -2.21. The van der Waals surface area contributed by atoms with Crippen LogP contribution in [-0.2, 0) is 4.79 Å². The molecule has 1 aliphatic rings. The molecule has 0 aromatic carbocycles. The Bertz CT molecular complexity index is 441. The summed E-state index contributed by atoms with van der Waals surface area (Å²) in [5, 5.41) is 11.5. The first-order valence-corrected chi connectivity index (χ1v) is 5.64. The van der Waals surface area contributed by atoms with Crippen molar-refractivity contribution >= 4 is 17.6 Å². The monoisotopic (exact) mass is 234 g/mol. The van der Waals surface area contributed by atoms with Gasteiger partial charge in [-0.25, -0.2) is 9.78 Å². The van der Waals surface area contributed by atoms with Gasteiger partial charge in [-0.1, -0.05) is 6.42 Å². The maximum absolute atomic E-state index is 11.6. The van der Waals surface area contributed by atoms with Gasteiger partial charge in [-0.3, -0.25) is 4.79 Å². The van der Waals surface area contributed by atoms with E-state index in [2.05, 4.69) is 10.3 Å². The highest BCUT2D eigenvalue weighted by molar-refractivity contribution is 5.93. The second-order valence-corrected chi connectivity index (χ2v) is 4.28. The summed E-state index contributed by atoms with van der Waals surface area (Å²) in [6.07, 6.45) is 5.33. The van der Waals surface area contributed by atoms with Gasteiger partial charge in [-0.05, 0) is 30.9 Å². The van der Waals surface area contributed by atoms with E-state index in [-0.39, 0.29) is 11.6 Å².